The molecule has 0 saturated heterocycles. The van der Waals surface area contributed by atoms with Crippen LogP contribution in [0, 0.1) is 5.92 Å². The lowest BCUT2D eigenvalue weighted by atomic mass is 10.0. The lowest BCUT2D eigenvalue weighted by molar-refractivity contribution is 0.251. The first-order valence-electron chi connectivity index (χ1n) is 6.27. The Bertz CT molecular complexity index is 120. The third-order valence-corrected chi connectivity index (χ3v) is 2.81. The predicted octanol–water partition coefficient (Wildman–Crippen LogP) is 1.54. The van der Waals surface area contributed by atoms with E-state index in [0.717, 1.165) is 38.8 Å². The van der Waals surface area contributed by atoms with Gasteiger partial charge in [-0.25, -0.2) is 0 Å². The smallest absolute Gasteiger partial charge is 0.0434 e. The topological polar surface area (TPSA) is 52.5 Å². The summed E-state index contributed by atoms with van der Waals surface area (Å²) in [4.78, 5) is 0. The summed E-state index contributed by atoms with van der Waals surface area (Å²) in [5.41, 5.74) is 0. The summed E-state index contributed by atoms with van der Waals surface area (Å²) >= 11 is 0. The Morgan fingerprint density at radius 2 is 1.73 bits per heavy atom. The Balaban J connectivity index is 3.14. The van der Waals surface area contributed by atoms with Crippen LogP contribution >= 0.6 is 0 Å². The quantitative estimate of drug-likeness (QED) is 0.460. The van der Waals surface area contributed by atoms with Crippen molar-refractivity contribution in [1.29, 1.82) is 0 Å². The van der Waals surface area contributed by atoms with Crippen molar-refractivity contribution in [2.75, 3.05) is 26.3 Å². The van der Waals surface area contributed by atoms with E-state index in [2.05, 4.69) is 12.2 Å². The van der Waals surface area contributed by atoms with Gasteiger partial charge in [-0.15, -0.1) is 0 Å². The molecule has 0 spiro atoms. The Kier molecular flexibility index (Phi) is 11.9. The maximum atomic E-state index is 8.82. The molecule has 1 unspecified atom stereocenters. The van der Waals surface area contributed by atoms with Crippen LogP contribution in [0.25, 0.3) is 0 Å². The molecule has 92 valence electrons. The van der Waals surface area contributed by atoms with Gasteiger partial charge < -0.3 is 15.5 Å². The molecule has 0 amide bonds. The molecule has 0 fully saturated rings. The molecule has 0 aromatic heterocycles. The van der Waals surface area contributed by atoms with E-state index in [0.29, 0.717) is 19.1 Å². The van der Waals surface area contributed by atoms with Crippen molar-refractivity contribution < 1.29 is 10.2 Å². The lowest BCUT2D eigenvalue weighted by Gasteiger charge is -2.14. The highest BCUT2D eigenvalue weighted by Crippen LogP contribution is 2.05. The second-order valence-corrected chi connectivity index (χ2v) is 4.13. The van der Waals surface area contributed by atoms with Crippen LogP contribution in [-0.2, 0) is 0 Å². The fourth-order valence-electron chi connectivity index (χ4n) is 1.65. The largest absolute Gasteiger partial charge is 0.396 e. The van der Waals surface area contributed by atoms with Gasteiger partial charge in [-0.2, -0.15) is 0 Å². The van der Waals surface area contributed by atoms with Crippen LogP contribution in [0.2, 0.25) is 0 Å². The Hall–Kier alpha value is -0.120. The summed E-state index contributed by atoms with van der Waals surface area (Å²) in [5, 5.41) is 20.8. The minimum Gasteiger partial charge on any atom is -0.396 e. The van der Waals surface area contributed by atoms with Crippen LogP contribution in [0.15, 0.2) is 0 Å². The minimum absolute atomic E-state index is 0.302. The Morgan fingerprint density at radius 1 is 1.00 bits per heavy atom. The number of hydrogen-bond acceptors (Lipinski definition) is 3. The molecule has 15 heavy (non-hydrogen) atoms. The van der Waals surface area contributed by atoms with Gasteiger partial charge in [0.2, 0.25) is 0 Å². The zero-order valence-electron chi connectivity index (χ0n) is 10.0. The second-order valence-electron chi connectivity index (χ2n) is 4.13. The highest BCUT2D eigenvalue weighted by Gasteiger charge is 2.03. The molecule has 3 heteroatoms. The van der Waals surface area contributed by atoms with E-state index in [1.165, 1.54) is 12.8 Å². The van der Waals surface area contributed by atoms with E-state index >= 15 is 0 Å². The van der Waals surface area contributed by atoms with Crippen LogP contribution in [0.4, 0.5) is 0 Å². The third kappa shape index (κ3) is 10.2. The molecule has 0 aliphatic heterocycles. The van der Waals surface area contributed by atoms with E-state index in [9.17, 15) is 0 Å². The summed E-state index contributed by atoms with van der Waals surface area (Å²) in [6.07, 6.45) is 6.50. The SMILES string of the molecule is CCC(CCO)CNCCCCCCO. The average molecular weight is 217 g/mol. The fraction of sp³-hybridized carbons (Fsp3) is 1.00. The molecule has 0 rings (SSSR count). The summed E-state index contributed by atoms with van der Waals surface area (Å²) in [5.74, 6) is 0.618. The van der Waals surface area contributed by atoms with Gasteiger partial charge >= 0.3 is 0 Å². The van der Waals surface area contributed by atoms with Gasteiger partial charge in [0.1, 0.15) is 0 Å². The van der Waals surface area contributed by atoms with Gasteiger partial charge in [0.05, 0.1) is 0 Å². The van der Waals surface area contributed by atoms with Crippen molar-refractivity contribution in [3.63, 3.8) is 0 Å². The standard InChI is InChI=1S/C12H27NO2/c1-2-12(7-10-15)11-13-8-5-3-4-6-9-14/h12-15H,2-11H2,1H3. The molecule has 0 saturated carbocycles. The molecule has 0 aromatic rings. The molecular formula is C12H27NO2. The van der Waals surface area contributed by atoms with Crippen molar-refractivity contribution in [2.45, 2.75) is 45.4 Å². The monoisotopic (exact) mass is 217 g/mol. The summed E-state index contributed by atoms with van der Waals surface area (Å²) < 4.78 is 0. The van der Waals surface area contributed by atoms with Gasteiger partial charge in [-0.05, 0) is 38.3 Å². The average Bonchev–Trinajstić information content (AvgIpc) is 2.26. The van der Waals surface area contributed by atoms with Crippen molar-refractivity contribution in [3.8, 4) is 0 Å². The van der Waals surface area contributed by atoms with E-state index in [1.807, 2.05) is 0 Å². The van der Waals surface area contributed by atoms with Crippen LogP contribution in [0.1, 0.15) is 45.4 Å². The Morgan fingerprint density at radius 3 is 2.33 bits per heavy atom. The number of unbranched alkanes of at least 4 members (excludes halogenated alkanes) is 3. The van der Waals surface area contributed by atoms with Crippen LogP contribution in [0.3, 0.4) is 0 Å². The Labute approximate surface area is 93.9 Å². The van der Waals surface area contributed by atoms with Gasteiger partial charge in [-0.1, -0.05) is 26.2 Å². The van der Waals surface area contributed by atoms with Crippen LogP contribution in [-0.4, -0.2) is 36.5 Å². The lowest BCUT2D eigenvalue weighted by Crippen LogP contribution is -2.24. The molecule has 0 aliphatic carbocycles. The summed E-state index contributed by atoms with van der Waals surface area (Å²) in [6, 6.07) is 0. The van der Waals surface area contributed by atoms with E-state index in [1.54, 1.807) is 0 Å². The molecule has 0 aliphatic rings. The molecule has 3 nitrogen and oxygen atoms in total. The van der Waals surface area contributed by atoms with Gasteiger partial charge in [0, 0.05) is 13.2 Å². The number of hydrogen-bond donors (Lipinski definition) is 3. The summed E-state index contributed by atoms with van der Waals surface area (Å²) in [7, 11) is 0. The maximum Gasteiger partial charge on any atom is 0.0434 e. The number of rotatable bonds is 11. The van der Waals surface area contributed by atoms with Crippen molar-refractivity contribution in [2.24, 2.45) is 5.92 Å². The normalized spacial score (nSPS) is 13.0. The molecule has 3 N–H and O–H groups in total. The van der Waals surface area contributed by atoms with Crippen molar-refractivity contribution in [1.82, 2.24) is 5.32 Å². The second kappa shape index (κ2) is 12.0. The third-order valence-electron chi connectivity index (χ3n) is 2.81. The highest BCUT2D eigenvalue weighted by atomic mass is 16.3. The van der Waals surface area contributed by atoms with Crippen molar-refractivity contribution in [3.05, 3.63) is 0 Å². The van der Waals surface area contributed by atoms with E-state index < -0.39 is 0 Å². The molecule has 0 aromatic carbocycles. The van der Waals surface area contributed by atoms with Crippen LogP contribution in [0.5, 0.6) is 0 Å². The first kappa shape index (κ1) is 14.9. The number of aliphatic hydroxyl groups is 2. The van der Waals surface area contributed by atoms with Gasteiger partial charge in [0.15, 0.2) is 0 Å². The highest BCUT2D eigenvalue weighted by molar-refractivity contribution is 4.60. The van der Waals surface area contributed by atoms with Crippen LogP contribution < -0.4 is 5.32 Å². The first-order valence-corrected chi connectivity index (χ1v) is 6.27. The van der Waals surface area contributed by atoms with Crippen molar-refractivity contribution >= 4 is 0 Å². The zero-order chi connectivity index (χ0) is 11.4. The van der Waals surface area contributed by atoms with Gasteiger partial charge in [0.25, 0.3) is 0 Å². The molecule has 0 radical (unpaired) electrons. The first-order chi connectivity index (χ1) is 7.35. The molecule has 0 heterocycles. The molecule has 1 atom stereocenters. The zero-order valence-corrected chi connectivity index (χ0v) is 10.0. The minimum atomic E-state index is 0.302. The van der Waals surface area contributed by atoms with Gasteiger partial charge in [-0.3, -0.25) is 0 Å². The maximum absolute atomic E-state index is 8.82. The predicted molar refractivity (Wildman–Crippen MR) is 63.9 cm³/mol. The van der Waals surface area contributed by atoms with E-state index in [-0.39, 0.29) is 0 Å². The fourth-order valence-corrected chi connectivity index (χ4v) is 1.65. The van der Waals surface area contributed by atoms with E-state index in [4.69, 9.17) is 10.2 Å². The number of nitrogens with one attached hydrogen (secondary N) is 1. The number of aliphatic hydroxyl groups excluding tert-OH is 2. The molecule has 0 bridgehead atoms. The summed E-state index contributed by atoms with van der Waals surface area (Å²) in [6.45, 7) is 4.88. The molecular weight excluding hydrogens is 190 g/mol.